The van der Waals surface area contributed by atoms with Crippen molar-refractivity contribution in [2.75, 3.05) is 4.90 Å². The highest BCUT2D eigenvalue weighted by molar-refractivity contribution is 6.33. The monoisotopic (exact) mass is 332 g/mol. The van der Waals surface area contributed by atoms with Crippen LogP contribution in [0.4, 0.5) is 11.4 Å². The molecule has 5 rings (SSSR count). The summed E-state index contributed by atoms with van der Waals surface area (Å²) < 4.78 is 0. The number of amides is 2. The molecule has 1 saturated carbocycles. The summed E-state index contributed by atoms with van der Waals surface area (Å²) in [6.07, 6.45) is 5.90. The minimum absolute atomic E-state index is 0.0167. The SMILES string of the molecule is O=C1C2C(C(=O)N1c1ccc(Cl)c([N+](=O)[O-])c1)[C@H]1C=C[C@@H]2CC1. The lowest BCUT2D eigenvalue weighted by molar-refractivity contribution is -0.384. The van der Waals surface area contributed by atoms with E-state index in [0.29, 0.717) is 0 Å². The summed E-state index contributed by atoms with van der Waals surface area (Å²) in [7, 11) is 0. The highest BCUT2D eigenvalue weighted by atomic mass is 35.5. The number of imide groups is 1. The van der Waals surface area contributed by atoms with Crippen LogP contribution in [0.25, 0.3) is 0 Å². The van der Waals surface area contributed by atoms with Crippen molar-refractivity contribution in [3.8, 4) is 0 Å². The Kier molecular flexibility index (Phi) is 3.06. The van der Waals surface area contributed by atoms with Crippen LogP contribution in [0.1, 0.15) is 12.8 Å². The van der Waals surface area contributed by atoms with Crippen LogP contribution >= 0.6 is 11.6 Å². The van der Waals surface area contributed by atoms with Crippen molar-refractivity contribution in [1.82, 2.24) is 0 Å². The number of benzene rings is 1. The van der Waals surface area contributed by atoms with Gasteiger partial charge in [-0.1, -0.05) is 23.8 Å². The second-order valence-electron chi connectivity index (χ2n) is 6.25. The molecule has 2 unspecified atom stereocenters. The Labute approximate surface area is 136 Å². The van der Waals surface area contributed by atoms with Crippen molar-refractivity contribution >= 4 is 34.8 Å². The number of nitro benzene ring substituents is 1. The Bertz CT molecular complexity index is 743. The first-order valence-corrected chi connectivity index (χ1v) is 7.87. The maximum absolute atomic E-state index is 12.8. The fraction of sp³-hybridized carbons (Fsp3) is 0.375. The number of hydrogen-bond donors (Lipinski definition) is 0. The number of halogens is 1. The lowest BCUT2D eigenvalue weighted by Gasteiger charge is -2.38. The molecule has 0 N–H and O–H groups in total. The van der Waals surface area contributed by atoms with E-state index in [-0.39, 0.29) is 51.9 Å². The predicted octanol–water partition coefficient (Wildman–Crippen LogP) is 2.95. The van der Waals surface area contributed by atoms with Crippen LogP contribution in [-0.4, -0.2) is 16.7 Å². The molecule has 3 aliphatic carbocycles. The number of allylic oxidation sites excluding steroid dienone is 2. The molecule has 7 heteroatoms. The summed E-state index contributed by atoms with van der Waals surface area (Å²) in [5.74, 6) is -0.990. The van der Waals surface area contributed by atoms with Crippen LogP contribution in [0, 0.1) is 33.8 Å². The lowest BCUT2D eigenvalue weighted by atomic mass is 9.63. The third-order valence-corrected chi connectivity index (χ3v) is 5.46. The zero-order valence-electron chi connectivity index (χ0n) is 12.0. The molecule has 1 aromatic carbocycles. The van der Waals surface area contributed by atoms with Gasteiger partial charge in [-0.15, -0.1) is 0 Å². The topological polar surface area (TPSA) is 80.5 Å². The molecule has 0 aromatic heterocycles. The van der Waals surface area contributed by atoms with Crippen LogP contribution in [0.2, 0.25) is 5.02 Å². The van der Waals surface area contributed by atoms with Gasteiger partial charge in [0.25, 0.3) is 5.69 Å². The molecule has 1 heterocycles. The van der Waals surface area contributed by atoms with E-state index in [1.807, 2.05) is 12.2 Å². The lowest BCUT2D eigenvalue weighted by Crippen LogP contribution is -2.38. The highest BCUT2D eigenvalue weighted by Gasteiger charge is 2.56. The molecule has 1 aliphatic heterocycles. The fourth-order valence-corrected chi connectivity index (χ4v) is 4.30. The summed E-state index contributed by atoms with van der Waals surface area (Å²) in [6, 6.07) is 4.03. The molecule has 2 fully saturated rings. The molecule has 1 aromatic rings. The van der Waals surface area contributed by atoms with Gasteiger partial charge in [-0.2, -0.15) is 0 Å². The van der Waals surface area contributed by atoms with E-state index >= 15 is 0 Å². The van der Waals surface area contributed by atoms with Gasteiger partial charge in [0, 0.05) is 6.07 Å². The normalized spacial score (nSPS) is 31.6. The largest absolute Gasteiger partial charge is 0.289 e. The number of fused-ring (bicyclic) bond motifs is 1. The number of nitro groups is 1. The summed E-state index contributed by atoms with van der Waals surface area (Å²) in [4.78, 5) is 37.1. The van der Waals surface area contributed by atoms with Gasteiger partial charge in [-0.25, -0.2) is 4.90 Å². The second-order valence-corrected chi connectivity index (χ2v) is 6.65. The van der Waals surface area contributed by atoms with Crippen molar-refractivity contribution < 1.29 is 14.5 Å². The third kappa shape index (κ3) is 1.94. The van der Waals surface area contributed by atoms with Crippen LogP contribution in [0.3, 0.4) is 0 Å². The molecule has 23 heavy (non-hydrogen) atoms. The molecule has 0 radical (unpaired) electrons. The van der Waals surface area contributed by atoms with Crippen LogP contribution in [-0.2, 0) is 9.59 Å². The summed E-state index contributed by atoms with van der Waals surface area (Å²) >= 11 is 5.81. The van der Waals surface area contributed by atoms with Gasteiger partial charge >= 0.3 is 0 Å². The standard InChI is InChI=1S/C16H13ClN2O4/c17-11-6-5-10(7-12(11)19(22)23)18-15(20)13-8-1-2-9(4-3-8)14(13)16(18)21/h1-2,5-9,13-14H,3-4H2/t8-,9+,13?,14?. The molecular weight excluding hydrogens is 320 g/mol. The summed E-state index contributed by atoms with van der Waals surface area (Å²) in [6.45, 7) is 0. The van der Waals surface area contributed by atoms with E-state index in [0.717, 1.165) is 17.7 Å². The molecule has 2 amide bonds. The molecule has 6 nitrogen and oxygen atoms in total. The Morgan fingerprint density at radius 2 is 1.65 bits per heavy atom. The predicted molar refractivity (Wildman–Crippen MR) is 82.9 cm³/mol. The Hall–Kier alpha value is -2.21. The van der Waals surface area contributed by atoms with Gasteiger partial charge in [0.2, 0.25) is 11.8 Å². The third-order valence-electron chi connectivity index (χ3n) is 5.14. The number of nitrogens with zero attached hydrogens (tertiary/aromatic N) is 2. The molecular formula is C16H13ClN2O4. The van der Waals surface area contributed by atoms with Crippen LogP contribution in [0.5, 0.6) is 0 Å². The van der Waals surface area contributed by atoms with Gasteiger partial charge in [0.1, 0.15) is 5.02 Å². The minimum Gasteiger partial charge on any atom is -0.274 e. The number of carbonyl (C=O) groups is 2. The molecule has 1 saturated heterocycles. The zero-order chi connectivity index (χ0) is 16.3. The van der Waals surface area contributed by atoms with Crippen molar-refractivity contribution in [3.05, 3.63) is 45.5 Å². The Morgan fingerprint density at radius 3 is 2.13 bits per heavy atom. The smallest absolute Gasteiger partial charge is 0.274 e. The molecule has 0 spiro atoms. The van der Waals surface area contributed by atoms with E-state index in [9.17, 15) is 19.7 Å². The van der Waals surface area contributed by atoms with Crippen molar-refractivity contribution in [1.29, 1.82) is 0 Å². The van der Waals surface area contributed by atoms with Gasteiger partial charge in [-0.05, 0) is 36.8 Å². The van der Waals surface area contributed by atoms with E-state index in [4.69, 9.17) is 11.6 Å². The first-order valence-electron chi connectivity index (χ1n) is 7.49. The van der Waals surface area contributed by atoms with E-state index in [1.54, 1.807) is 0 Å². The maximum Gasteiger partial charge on any atom is 0.289 e. The zero-order valence-corrected chi connectivity index (χ0v) is 12.8. The van der Waals surface area contributed by atoms with Crippen molar-refractivity contribution in [2.45, 2.75) is 12.8 Å². The first kappa shape index (κ1) is 14.4. The van der Waals surface area contributed by atoms with Gasteiger partial charge in [-0.3, -0.25) is 19.7 Å². The quantitative estimate of drug-likeness (QED) is 0.361. The van der Waals surface area contributed by atoms with E-state index in [1.165, 1.54) is 18.2 Å². The molecule has 2 bridgehead atoms. The Morgan fingerprint density at radius 1 is 1.09 bits per heavy atom. The number of anilines is 1. The van der Waals surface area contributed by atoms with E-state index in [2.05, 4.69) is 0 Å². The van der Waals surface area contributed by atoms with Gasteiger partial charge in [0.05, 0.1) is 22.4 Å². The first-order chi connectivity index (χ1) is 11.0. The Balaban J connectivity index is 1.76. The van der Waals surface area contributed by atoms with Crippen molar-refractivity contribution in [3.63, 3.8) is 0 Å². The number of rotatable bonds is 2. The highest BCUT2D eigenvalue weighted by Crippen LogP contribution is 2.50. The fourth-order valence-electron chi connectivity index (χ4n) is 4.11. The molecule has 4 aliphatic rings. The summed E-state index contributed by atoms with van der Waals surface area (Å²) in [5.41, 5.74) is -0.0781. The second kappa shape index (κ2) is 4.89. The van der Waals surface area contributed by atoms with Gasteiger partial charge < -0.3 is 0 Å². The molecule has 118 valence electrons. The average Bonchev–Trinajstić information content (AvgIpc) is 2.83. The molecule has 4 atom stereocenters. The summed E-state index contributed by atoms with van der Waals surface area (Å²) in [5, 5.41) is 11.0. The van der Waals surface area contributed by atoms with E-state index < -0.39 is 4.92 Å². The number of carbonyl (C=O) groups excluding carboxylic acids is 2. The minimum atomic E-state index is -0.616. The van der Waals surface area contributed by atoms with Crippen LogP contribution < -0.4 is 4.90 Å². The maximum atomic E-state index is 12.8. The van der Waals surface area contributed by atoms with Crippen molar-refractivity contribution in [2.24, 2.45) is 23.7 Å². The van der Waals surface area contributed by atoms with Gasteiger partial charge in [0.15, 0.2) is 0 Å². The van der Waals surface area contributed by atoms with Crippen LogP contribution in [0.15, 0.2) is 30.4 Å². The number of hydrogen-bond acceptors (Lipinski definition) is 4. The average molecular weight is 333 g/mol.